The van der Waals surface area contributed by atoms with Gasteiger partial charge in [-0.1, -0.05) is 24.6 Å². The molecule has 2 N–H and O–H groups in total. The van der Waals surface area contributed by atoms with Crippen molar-refractivity contribution in [2.24, 2.45) is 0 Å². The summed E-state index contributed by atoms with van der Waals surface area (Å²) in [6, 6.07) is 12.7. The lowest BCUT2D eigenvalue weighted by atomic mass is 9.84. The van der Waals surface area contributed by atoms with Gasteiger partial charge in [-0.3, -0.25) is 4.90 Å². The number of benzene rings is 2. The topological polar surface area (TPSA) is 79.2 Å². The van der Waals surface area contributed by atoms with Gasteiger partial charge in [0.1, 0.15) is 11.9 Å². The van der Waals surface area contributed by atoms with E-state index in [4.69, 9.17) is 9.47 Å². The van der Waals surface area contributed by atoms with Crippen LogP contribution in [-0.2, 0) is 9.53 Å². The van der Waals surface area contributed by atoms with Gasteiger partial charge in [0, 0.05) is 31.0 Å². The van der Waals surface area contributed by atoms with Gasteiger partial charge in [-0.2, -0.15) is 0 Å². The highest BCUT2D eigenvalue weighted by atomic mass is 16.5. The number of carbonyl (C=O) groups excluding carboxylic acids is 1. The van der Waals surface area contributed by atoms with Crippen LogP contribution in [0.2, 0.25) is 0 Å². The number of rotatable bonds is 5. The maximum atomic E-state index is 12.5. The molecule has 6 nitrogen and oxygen atoms in total. The highest BCUT2D eigenvalue weighted by molar-refractivity contribution is 5.87. The first-order chi connectivity index (χ1) is 15.0. The first kappa shape index (κ1) is 21.2. The molecule has 2 heterocycles. The van der Waals surface area contributed by atoms with Gasteiger partial charge < -0.3 is 19.7 Å². The van der Waals surface area contributed by atoms with Gasteiger partial charge in [-0.15, -0.1) is 0 Å². The predicted octanol–water partition coefficient (Wildman–Crippen LogP) is 4.42. The summed E-state index contributed by atoms with van der Waals surface area (Å²) >= 11 is 0. The van der Waals surface area contributed by atoms with Crippen LogP contribution in [0.4, 0.5) is 0 Å². The Balaban J connectivity index is 1.47. The number of carbonyl (C=O) groups is 1. The number of fused-ring (bicyclic) bond motifs is 1. The fourth-order valence-electron chi connectivity index (χ4n) is 4.76. The van der Waals surface area contributed by atoms with Crippen molar-refractivity contribution in [3.8, 4) is 17.2 Å². The van der Waals surface area contributed by atoms with Crippen molar-refractivity contribution in [1.82, 2.24) is 4.90 Å². The molecule has 0 unspecified atom stereocenters. The molecule has 2 aromatic carbocycles. The number of ether oxygens (including phenoxy) is 2. The molecule has 2 saturated heterocycles. The average Bonchev–Trinajstić information content (AvgIpc) is 2.78. The van der Waals surface area contributed by atoms with Gasteiger partial charge in [0.25, 0.3) is 0 Å². The van der Waals surface area contributed by atoms with E-state index >= 15 is 0 Å². The van der Waals surface area contributed by atoms with Crippen LogP contribution in [0, 0.1) is 0 Å². The van der Waals surface area contributed by atoms with Crippen LogP contribution in [0.15, 0.2) is 48.5 Å². The Morgan fingerprint density at radius 1 is 1.10 bits per heavy atom. The maximum Gasteiger partial charge on any atom is 0.331 e. The van der Waals surface area contributed by atoms with Crippen LogP contribution in [0.1, 0.15) is 49.3 Å². The summed E-state index contributed by atoms with van der Waals surface area (Å²) in [4.78, 5) is 15.0. The zero-order valence-corrected chi connectivity index (χ0v) is 17.7. The van der Waals surface area contributed by atoms with E-state index in [9.17, 15) is 15.0 Å². The van der Waals surface area contributed by atoms with E-state index in [-0.39, 0.29) is 29.6 Å². The van der Waals surface area contributed by atoms with Gasteiger partial charge in [0.15, 0.2) is 11.5 Å². The second-order valence-corrected chi connectivity index (χ2v) is 8.29. The lowest BCUT2D eigenvalue weighted by Crippen LogP contribution is -2.49. The minimum absolute atomic E-state index is 0.0923. The van der Waals surface area contributed by atoms with E-state index in [1.54, 1.807) is 42.5 Å². The molecule has 4 rings (SSSR count). The summed E-state index contributed by atoms with van der Waals surface area (Å²) in [6.07, 6.45) is 7.92. The van der Waals surface area contributed by atoms with Crippen molar-refractivity contribution in [1.29, 1.82) is 0 Å². The summed E-state index contributed by atoms with van der Waals surface area (Å²) in [5.41, 5.74) is 1.84. The number of phenolic OH excluding ortho intramolecular Hbond substituents is 2. The molecule has 6 heteroatoms. The first-order valence-electron chi connectivity index (χ1n) is 10.8. The van der Waals surface area contributed by atoms with E-state index in [0.29, 0.717) is 18.2 Å². The van der Waals surface area contributed by atoms with Crippen LogP contribution >= 0.6 is 0 Å². The summed E-state index contributed by atoms with van der Waals surface area (Å²) in [6.45, 7) is 1.02. The van der Waals surface area contributed by atoms with Gasteiger partial charge >= 0.3 is 5.97 Å². The summed E-state index contributed by atoms with van der Waals surface area (Å²) in [5.74, 6) is 0.412. The molecular weight excluding hydrogens is 394 g/mol. The number of esters is 1. The van der Waals surface area contributed by atoms with Crippen molar-refractivity contribution in [3.05, 3.63) is 59.7 Å². The highest BCUT2D eigenvalue weighted by Crippen LogP contribution is 2.41. The van der Waals surface area contributed by atoms with Crippen LogP contribution in [0.25, 0.3) is 6.08 Å². The van der Waals surface area contributed by atoms with Gasteiger partial charge in [0.2, 0.25) is 0 Å². The lowest BCUT2D eigenvalue weighted by molar-refractivity contribution is -0.148. The molecule has 31 heavy (non-hydrogen) atoms. The Labute approximate surface area is 182 Å². The third-order valence-corrected chi connectivity index (χ3v) is 6.27. The number of hydrogen-bond acceptors (Lipinski definition) is 6. The van der Waals surface area contributed by atoms with E-state index in [1.807, 2.05) is 6.07 Å². The summed E-state index contributed by atoms with van der Waals surface area (Å²) in [7, 11) is 1.54. The molecule has 0 radical (unpaired) electrons. The number of hydrogen-bond donors (Lipinski definition) is 2. The number of piperidine rings is 2. The van der Waals surface area contributed by atoms with Crippen molar-refractivity contribution < 1.29 is 24.5 Å². The fourth-order valence-corrected chi connectivity index (χ4v) is 4.76. The molecule has 3 atom stereocenters. The van der Waals surface area contributed by atoms with E-state index in [1.165, 1.54) is 19.6 Å². The monoisotopic (exact) mass is 423 g/mol. The molecule has 0 spiro atoms. The molecule has 0 bridgehead atoms. The van der Waals surface area contributed by atoms with Crippen molar-refractivity contribution in [2.45, 2.75) is 50.3 Å². The molecule has 164 valence electrons. The van der Waals surface area contributed by atoms with E-state index < -0.39 is 0 Å². The zero-order chi connectivity index (χ0) is 21.8. The number of phenols is 2. The fraction of sp³-hybridized carbons (Fsp3) is 0.400. The quantitative estimate of drug-likeness (QED) is 0.547. The second-order valence-electron chi connectivity index (χ2n) is 8.29. The average molecular weight is 424 g/mol. The molecule has 0 amide bonds. The standard InChI is InChI=1S/C25H29NO5/c1-30-24-11-8-18(14-23(24)28)22-16-21(15-19-4-2-3-13-26(19)22)31-25(29)12-7-17-5-9-20(27)10-6-17/h5-12,14,19,21-22,27-28H,2-4,13,15-16H2,1H3/t19-,21+,22+/m1/s1. The Bertz CT molecular complexity index is 939. The number of aromatic hydroxyl groups is 2. The van der Waals surface area contributed by atoms with Crippen LogP contribution in [0.3, 0.4) is 0 Å². The highest BCUT2D eigenvalue weighted by Gasteiger charge is 2.39. The molecule has 2 aliphatic rings. The molecule has 2 aliphatic heterocycles. The normalized spacial score (nSPS) is 24.0. The SMILES string of the molecule is COc1ccc([C@@H]2C[C@@H](OC(=O)C=Cc3ccc(O)cc3)C[C@H]3CCCCN32)cc1O. The van der Waals surface area contributed by atoms with Crippen molar-refractivity contribution in [2.75, 3.05) is 13.7 Å². The molecule has 0 saturated carbocycles. The Morgan fingerprint density at radius 3 is 2.65 bits per heavy atom. The minimum atomic E-state index is -0.362. The predicted molar refractivity (Wildman–Crippen MR) is 118 cm³/mol. The van der Waals surface area contributed by atoms with Crippen LogP contribution < -0.4 is 4.74 Å². The third-order valence-electron chi connectivity index (χ3n) is 6.27. The van der Waals surface area contributed by atoms with Gasteiger partial charge in [-0.05, 0) is 60.9 Å². The largest absolute Gasteiger partial charge is 0.508 e. The number of methoxy groups -OCH3 is 1. The zero-order valence-electron chi connectivity index (χ0n) is 17.7. The van der Waals surface area contributed by atoms with Crippen molar-refractivity contribution in [3.63, 3.8) is 0 Å². The molecule has 2 fully saturated rings. The smallest absolute Gasteiger partial charge is 0.331 e. The van der Waals surface area contributed by atoms with Gasteiger partial charge in [0.05, 0.1) is 7.11 Å². The minimum Gasteiger partial charge on any atom is -0.508 e. The summed E-state index contributed by atoms with van der Waals surface area (Å²) < 4.78 is 11.0. The Morgan fingerprint density at radius 2 is 1.90 bits per heavy atom. The Hall–Kier alpha value is -2.99. The van der Waals surface area contributed by atoms with Crippen molar-refractivity contribution >= 4 is 12.0 Å². The molecule has 2 aromatic rings. The van der Waals surface area contributed by atoms with Gasteiger partial charge in [-0.25, -0.2) is 4.79 Å². The third kappa shape index (κ3) is 5.02. The maximum absolute atomic E-state index is 12.5. The second kappa shape index (κ2) is 9.43. The molecular formula is C25H29NO5. The summed E-state index contributed by atoms with van der Waals surface area (Å²) in [5, 5.41) is 19.6. The number of nitrogens with zero attached hydrogens (tertiary/aromatic N) is 1. The van der Waals surface area contributed by atoms with E-state index in [0.717, 1.165) is 36.9 Å². The molecule has 0 aliphatic carbocycles. The first-order valence-corrected chi connectivity index (χ1v) is 10.8. The molecule has 0 aromatic heterocycles. The lowest BCUT2D eigenvalue weighted by Gasteiger charge is -2.47. The van der Waals surface area contributed by atoms with Crippen LogP contribution in [-0.4, -0.2) is 46.9 Å². The van der Waals surface area contributed by atoms with E-state index in [2.05, 4.69) is 4.90 Å². The Kier molecular flexibility index (Phi) is 6.47. The van der Waals surface area contributed by atoms with Crippen LogP contribution in [0.5, 0.6) is 17.2 Å².